The lowest BCUT2D eigenvalue weighted by molar-refractivity contribution is -0.0387. The molecule has 3 heteroatoms. The summed E-state index contributed by atoms with van der Waals surface area (Å²) in [6, 6.07) is 7.50. The van der Waals surface area contributed by atoms with Gasteiger partial charge in [-0.15, -0.1) is 12.4 Å². The second-order valence-corrected chi connectivity index (χ2v) is 3.51. The number of nitrogens with two attached hydrogens (primary N) is 1. The van der Waals surface area contributed by atoms with Crippen molar-refractivity contribution in [3.63, 3.8) is 0 Å². The molecular formula is C10H14ClNO. The lowest BCUT2D eigenvalue weighted by Gasteiger charge is -2.37. The van der Waals surface area contributed by atoms with E-state index < -0.39 is 5.60 Å². The van der Waals surface area contributed by atoms with Crippen molar-refractivity contribution in [2.75, 3.05) is 5.73 Å². The van der Waals surface area contributed by atoms with Crippen LogP contribution in [0.2, 0.25) is 0 Å². The third-order valence-electron chi connectivity index (χ3n) is 2.63. The van der Waals surface area contributed by atoms with Gasteiger partial charge in [0.2, 0.25) is 0 Å². The van der Waals surface area contributed by atoms with Crippen LogP contribution in [0.15, 0.2) is 24.3 Å². The predicted octanol–water partition coefficient (Wildman–Crippen LogP) is 2.06. The van der Waals surface area contributed by atoms with E-state index in [1.54, 1.807) is 0 Å². The first-order chi connectivity index (χ1) is 5.71. The molecule has 0 amide bonds. The second-order valence-electron chi connectivity index (χ2n) is 3.51. The SMILES string of the molecule is Cl.Nc1ccc(C2(O)CCC2)cc1. The third kappa shape index (κ3) is 1.79. The number of nitrogen functional groups attached to an aromatic ring is 1. The fourth-order valence-corrected chi connectivity index (χ4v) is 1.59. The minimum Gasteiger partial charge on any atom is -0.399 e. The minimum atomic E-state index is -0.548. The largest absolute Gasteiger partial charge is 0.399 e. The average molecular weight is 200 g/mol. The molecule has 0 unspecified atom stereocenters. The Hall–Kier alpha value is -0.730. The number of benzene rings is 1. The zero-order valence-corrected chi connectivity index (χ0v) is 8.18. The first-order valence-corrected chi connectivity index (χ1v) is 4.29. The maximum absolute atomic E-state index is 9.93. The van der Waals surface area contributed by atoms with Crippen LogP contribution in [-0.2, 0) is 5.60 Å². The van der Waals surface area contributed by atoms with E-state index in [0.29, 0.717) is 0 Å². The van der Waals surface area contributed by atoms with Crippen LogP contribution < -0.4 is 5.73 Å². The molecule has 0 atom stereocenters. The quantitative estimate of drug-likeness (QED) is 0.681. The Labute approximate surface area is 84.2 Å². The lowest BCUT2D eigenvalue weighted by Crippen LogP contribution is -2.33. The van der Waals surface area contributed by atoms with Crippen LogP contribution in [0.1, 0.15) is 24.8 Å². The van der Waals surface area contributed by atoms with Crippen molar-refractivity contribution < 1.29 is 5.11 Å². The average Bonchev–Trinajstić information content (AvgIpc) is 2.02. The third-order valence-corrected chi connectivity index (χ3v) is 2.63. The summed E-state index contributed by atoms with van der Waals surface area (Å²) in [5.74, 6) is 0. The second kappa shape index (κ2) is 3.56. The van der Waals surface area contributed by atoms with Gasteiger partial charge in [-0.2, -0.15) is 0 Å². The maximum Gasteiger partial charge on any atom is 0.0896 e. The molecule has 1 aromatic carbocycles. The summed E-state index contributed by atoms with van der Waals surface area (Å²) in [7, 11) is 0. The van der Waals surface area contributed by atoms with Crippen molar-refractivity contribution >= 4 is 18.1 Å². The van der Waals surface area contributed by atoms with Crippen LogP contribution in [0, 0.1) is 0 Å². The number of hydrogen-bond donors (Lipinski definition) is 2. The van der Waals surface area contributed by atoms with Crippen molar-refractivity contribution in [2.24, 2.45) is 0 Å². The van der Waals surface area contributed by atoms with Gasteiger partial charge in [0.15, 0.2) is 0 Å². The molecule has 1 fully saturated rings. The fourth-order valence-electron chi connectivity index (χ4n) is 1.59. The molecule has 0 bridgehead atoms. The van der Waals surface area contributed by atoms with Crippen LogP contribution in [0.25, 0.3) is 0 Å². The van der Waals surface area contributed by atoms with Gasteiger partial charge in [-0.25, -0.2) is 0 Å². The molecular weight excluding hydrogens is 186 g/mol. The van der Waals surface area contributed by atoms with E-state index in [-0.39, 0.29) is 12.4 Å². The van der Waals surface area contributed by atoms with Crippen molar-refractivity contribution in [1.82, 2.24) is 0 Å². The molecule has 0 spiro atoms. The monoisotopic (exact) mass is 199 g/mol. The van der Waals surface area contributed by atoms with E-state index in [4.69, 9.17) is 5.73 Å². The van der Waals surface area contributed by atoms with Crippen LogP contribution in [0.3, 0.4) is 0 Å². The Balaban J connectivity index is 0.000000845. The molecule has 3 N–H and O–H groups in total. The van der Waals surface area contributed by atoms with Gasteiger partial charge in [0.1, 0.15) is 0 Å². The van der Waals surface area contributed by atoms with Crippen LogP contribution >= 0.6 is 12.4 Å². The molecule has 2 rings (SSSR count). The highest BCUT2D eigenvalue weighted by molar-refractivity contribution is 5.85. The highest BCUT2D eigenvalue weighted by atomic mass is 35.5. The maximum atomic E-state index is 9.93. The molecule has 1 saturated carbocycles. The Bertz CT molecular complexity index is 279. The molecule has 0 heterocycles. The van der Waals surface area contributed by atoms with Gasteiger partial charge >= 0.3 is 0 Å². The summed E-state index contributed by atoms with van der Waals surface area (Å²) >= 11 is 0. The van der Waals surface area contributed by atoms with Gasteiger partial charge in [-0.05, 0) is 37.0 Å². The Morgan fingerprint density at radius 1 is 1.15 bits per heavy atom. The van der Waals surface area contributed by atoms with Gasteiger partial charge in [0.05, 0.1) is 5.60 Å². The van der Waals surface area contributed by atoms with Crippen molar-refractivity contribution in [3.05, 3.63) is 29.8 Å². The van der Waals surface area contributed by atoms with E-state index in [9.17, 15) is 5.11 Å². The number of anilines is 1. The van der Waals surface area contributed by atoms with Crippen molar-refractivity contribution in [3.8, 4) is 0 Å². The molecule has 1 aromatic rings. The first-order valence-electron chi connectivity index (χ1n) is 4.29. The summed E-state index contributed by atoms with van der Waals surface area (Å²) in [5.41, 5.74) is 6.75. The van der Waals surface area contributed by atoms with E-state index in [1.165, 1.54) is 0 Å². The molecule has 13 heavy (non-hydrogen) atoms. The zero-order chi connectivity index (χ0) is 8.60. The summed E-state index contributed by atoms with van der Waals surface area (Å²) in [6.45, 7) is 0. The van der Waals surface area contributed by atoms with Crippen LogP contribution in [-0.4, -0.2) is 5.11 Å². The topological polar surface area (TPSA) is 46.2 Å². The first kappa shape index (κ1) is 10.4. The van der Waals surface area contributed by atoms with Gasteiger partial charge in [-0.1, -0.05) is 12.1 Å². The van der Waals surface area contributed by atoms with Gasteiger partial charge < -0.3 is 10.8 Å². The van der Waals surface area contributed by atoms with Gasteiger partial charge in [0, 0.05) is 5.69 Å². The smallest absolute Gasteiger partial charge is 0.0896 e. The highest BCUT2D eigenvalue weighted by Crippen LogP contribution is 2.40. The summed E-state index contributed by atoms with van der Waals surface area (Å²) < 4.78 is 0. The van der Waals surface area contributed by atoms with E-state index in [2.05, 4.69) is 0 Å². The molecule has 0 aromatic heterocycles. The lowest BCUT2D eigenvalue weighted by atomic mass is 9.75. The molecule has 0 aliphatic heterocycles. The predicted molar refractivity (Wildman–Crippen MR) is 55.9 cm³/mol. The molecule has 1 aliphatic rings. The van der Waals surface area contributed by atoms with Crippen LogP contribution in [0.4, 0.5) is 5.69 Å². The normalized spacial score (nSPS) is 18.5. The molecule has 0 saturated heterocycles. The molecule has 2 nitrogen and oxygen atoms in total. The zero-order valence-electron chi connectivity index (χ0n) is 7.36. The van der Waals surface area contributed by atoms with E-state index >= 15 is 0 Å². The summed E-state index contributed by atoms with van der Waals surface area (Å²) in [5, 5.41) is 9.93. The summed E-state index contributed by atoms with van der Waals surface area (Å²) in [6.07, 6.45) is 2.90. The number of halogens is 1. The number of hydrogen-bond acceptors (Lipinski definition) is 2. The molecule has 1 aliphatic carbocycles. The number of aliphatic hydroxyl groups is 1. The van der Waals surface area contributed by atoms with Crippen molar-refractivity contribution in [1.29, 1.82) is 0 Å². The molecule has 72 valence electrons. The molecule has 0 radical (unpaired) electrons. The van der Waals surface area contributed by atoms with Gasteiger partial charge in [0.25, 0.3) is 0 Å². The standard InChI is InChI=1S/C10H13NO.ClH/c11-9-4-2-8(3-5-9)10(12)6-1-7-10;/h2-5,12H,1,6-7,11H2;1H. The van der Waals surface area contributed by atoms with Crippen LogP contribution in [0.5, 0.6) is 0 Å². The number of rotatable bonds is 1. The Morgan fingerprint density at radius 2 is 1.69 bits per heavy atom. The van der Waals surface area contributed by atoms with Gasteiger partial charge in [-0.3, -0.25) is 0 Å². The summed E-state index contributed by atoms with van der Waals surface area (Å²) in [4.78, 5) is 0. The van der Waals surface area contributed by atoms with E-state index in [0.717, 1.165) is 30.5 Å². The Kier molecular flexibility index (Phi) is 2.84. The van der Waals surface area contributed by atoms with Crippen molar-refractivity contribution in [2.45, 2.75) is 24.9 Å². The Morgan fingerprint density at radius 3 is 2.08 bits per heavy atom. The highest BCUT2D eigenvalue weighted by Gasteiger charge is 2.35. The minimum absolute atomic E-state index is 0. The fraction of sp³-hybridized carbons (Fsp3) is 0.400. The van der Waals surface area contributed by atoms with E-state index in [1.807, 2.05) is 24.3 Å².